The van der Waals surface area contributed by atoms with Crippen molar-refractivity contribution in [1.82, 2.24) is 14.9 Å². The highest BCUT2D eigenvalue weighted by molar-refractivity contribution is 8.93. The van der Waals surface area contributed by atoms with Gasteiger partial charge in [-0.15, -0.1) is 17.0 Å². The number of H-pyrrole nitrogens is 2. The fourth-order valence-electron chi connectivity index (χ4n) is 3.18. The fraction of sp³-hybridized carbons (Fsp3) is 0.467. The van der Waals surface area contributed by atoms with E-state index in [0.29, 0.717) is 23.5 Å². The van der Waals surface area contributed by atoms with Crippen LogP contribution in [0.3, 0.4) is 0 Å². The number of nitrogens with one attached hydrogen (secondary N) is 2. The van der Waals surface area contributed by atoms with Crippen LogP contribution in [0.4, 0.5) is 5.69 Å². The van der Waals surface area contributed by atoms with Crippen LogP contribution in [0.1, 0.15) is 25.3 Å². The third-order valence-corrected chi connectivity index (χ3v) is 4.24. The molecule has 1 aliphatic heterocycles. The molecule has 1 aliphatic rings. The first-order valence-corrected chi connectivity index (χ1v) is 7.60. The molecular formula is C15H19BrN4O4. The van der Waals surface area contributed by atoms with Gasteiger partial charge in [-0.3, -0.25) is 24.6 Å². The van der Waals surface area contributed by atoms with Gasteiger partial charge in [-0.05, 0) is 30.9 Å². The van der Waals surface area contributed by atoms with Crippen molar-refractivity contribution in [1.29, 1.82) is 0 Å². The van der Waals surface area contributed by atoms with Gasteiger partial charge in [-0.1, -0.05) is 6.92 Å². The lowest BCUT2D eigenvalue weighted by atomic mass is 9.99. The Morgan fingerprint density at radius 3 is 2.67 bits per heavy atom. The largest absolute Gasteiger partial charge is 0.316 e. The lowest BCUT2D eigenvalue weighted by molar-refractivity contribution is -0.384. The standard InChI is InChI=1S/C15H18N4O4.BrH/c1-9-3-2-4-18(7-9)8-10-5-11(19(22)23)6-12-13(10)17-15(21)14(20)16-12;/h5-6,9H,2-4,7-8H2,1H3,(H,16,20)(H,17,21);1H. The topological polar surface area (TPSA) is 112 Å². The van der Waals surface area contributed by atoms with Gasteiger partial charge < -0.3 is 9.97 Å². The summed E-state index contributed by atoms with van der Waals surface area (Å²) in [6.45, 7) is 4.52. The average Bonchev–Trinajstić information content (AvgIpc) is 2.49. The molecule has 130 valence electrons. The van der Waals surface area contributed by atoms with E-state index >= 15 is 0 Å². The van der Waals surface area contributed by atoms with Gasteiger partial charge in [0.15, 0.2) is 0 Å². The van der Waals surface area contributed by atoms with Crippen molar-refractivity contribution in [2.24, 2.45) is 5.92 Å². The number of nitrogens with zero attached hydrogens (tertiary/aromatic N) is 2. The molecule has 1 aromatic heterocycles. The zero-order chi connectivity index (χ0) is 16.6. The van der Waals surface area contributed by atoms with E-state index in [-0.39, 0.29) is 28.2 Å². The van der Waals surface area contributed by atoms with Gasteiger partial charge in [0.25, 0.3) is 5.69 Å². The predicted octanol–water partition coefficient (Wildman–Crippen LogP) is 1.93. The molecule has 2 aromatic rings. The molecule has 1 fully saturated rings. The van der Waals surface area contributed by atoms with Crippen LogP contribution in [0.25, 0.3) is 11.0 Å². The molecular weight excluding hydrogens is 380 g/mol. The Balaban J connectivity index is 0.00000208. The first kappa shape index (κ1) is 18.3. The molecule has 9 heteroatoms. The summed E-state index contributed by atoms with van der Waals surface area (Å²) in [4.78, 5) is 40.9. The van der Waals surface area contributed by atoms with Gasteiger partial charge in [-0.2, -0.15) is 0 Å². The highest BCUT2D eigenvalue weighted by atomic mass is 79.9. The Labute approximate surface area is 147 Å². The lowest BCUT2D eigenvalue weighted by Gasteiger charge is -2.30. The Morgan fingerprint density at radius 2 is 2.00 bits per heavy atom. The number of halogens is 1. The lowest BCUT2D eigenvalue weighted by Crippen LogP contribution is -2.34. The number of nitro benzene ring substituents is 1. The highest BCUT2D eigenvalue weighted by Crippen LogP contribution is 2.24. The molecule has 0 amide bonds. The van der Waals surface area contributed by atoms with Gasteiger partial charge >= 0.3 is 11.1 Å². The quantitative estimate of drug-likeness (QED) is 0.465. The van der Waals surface area contributed by atoms with Gasteiger partial charge in [0, 0.05) is 25.2 Å². The second-order valence-corrected chi connectivity index (χ2v) is 6.18. The number of piperidine rings is 1. The maximum absolute atomic E-state index is 11.6. The fourth-order valence-corrected chi connectivity index (χ4v) is 3.18. The minimum absolute atomic E-state index is 0. The Kier molecular flexibility index (Phi) is 5.55. The van der Waals surface area contributed by atoms with Crippen LogP contribution < -0.4 is 11.1 Å². The second kappa shape index (κ2) is 7.27. The molecule has 8 nitrogen and oxygen atoms in total. The van der Waals surface area contributed by atoms with Gasteiger partial charge in [0.1, 0.15) is 0 Å². The molecule has 1 atom stereocenters. The Hall–Kier alpha value is -2.00. The van der Waals surface area contributed by atoms with Crippen LogP contribution in [0.15, 0.2) is 21.7 Å². The van der Waals surface area contributed by atoms with E-state index in [1.165, 1.54) is 18.6 Å². The number of hydrogen-bond acceptors (Lipinski definition) is 5. The Bertz CT molecular complexity index is 876. The van der Waals surface area contributed by atoms with Crippen molar-refractivity contribution >= 4 is 33.7 Å². The summed E-state index contributed by atoms with van der Waals surface area (Å²) in [5.74, 6) is 0.576. The minimum atomic E-state index is -0.810. The van der Waals surface area contributed by atoms with E-state index in [0.717, 1.165) is 19.5 Å². The van der Waals surface area contributed by atoms with Crippen molar-refractivity contribution < 1.29 is 4.92 Å². The summed E-state index contributed by atoms with van der Waals surface area (Å²) in [5, 5.41) is 11.1. The number of likely N-dealkylation sites (tertiary alicyclic amines) is 1. The molecule has 0 bridgehead atoms. The van der Waals surface area contributed by atoms with Crippen LogP contribution in [0, 0.1) is 16.0 Å². The molecule has 0 saturated carbocycles. The number of fused-ring (bicyclic) bond motifs is 1. The maximum Gasteiger partial charge on any atom is 0.314 e. The molecule has 1 saturated heterocycles. The van der Waals surface area contributed by atoms with Crippen molar-refractivity contribution in [2.45, 2.75) is 26.3 Å². The molecule has 2 N–H and O–H groups in total. The van der Waals surface area contributed by atoms with Crippen molar-refractivity contribution in [3.05, 3.63) is 48.5 Å². The predicted molar refractivity (Wildman–Crippen MR) is 95.8 cm³/mol. The zero-order valence-corrected chi connectivity index (χ0v) is 14.9. The number of rotatable bonds is 3. The smallest absolute Gasteiger partial charge is 0.314 e. The van der Waals surface area contributed by atoms with E-state index in [1.807, 2.05) is 0 Å². The van der Waals surface area contributed by atoms with E-state index in [4.69, 9.17) is 0 Å². The first-order chi connectivity index (χ1) is 10.9. The third-order valence-electron chi connectivity index (χ3n) is 4.24. The van der Waals surface area contributed by atoms with Crippen molar-refractivity contribution in [3.63, 3.8) is 0 Å². The van der Waals surface area contributed by atoms with E-state index < -0.39 is 16.0 Å². The summed E-state index contributed by atoms with van der Waals surface area (Å²) >= 11 is 0. The monoisotopic (exact) mass is 398 g/mol. The molecule has 0 aliphatic carbocycles. The number of benzene rings is 1. The minimum Gasteiger partial charge on any atom is -0.316 e. The van der Waals surface area contributed by atoms with E-state index in [1.54, 1.807) is 0 Å². The van der Waals surface area contributed by atoms with Crippen LogP contribution in [-0.2, 0) is 6.54 Å². The van der Waals surface area contributed by atoms with Crippen molar-refractivity contribution in [2.75, 3.05) is 13.1 Å². The number of non-ortho nitro benzene ring substituents is 1. The van der Waals surface area contributed by atoms with Gasteiger partial charge in [-0.25, -0.2) is 0 Å². The normalized spacial score (nSPS) is 18.3. The summed E-state index contributed by atoms with van der Waals surface area (Å²) in [6.07, 6.45) is 2.26. The van der Waals surface area contributed by atoms with Gasteiger partial charge in [0.05, 0.1) is 16.0 Å². The SMILES string of the molecule is Br.CC1CCCN(Cc2cc([N+](=O)[O-])cc3[nH]c(=O)c(=O)[nH]c23)C1. The van der Waals surface area contributed by atoms with Crippen LogP contribution in [-0.4, -0.2) is 32.9 Å². The molecule has 2 heterocycles. The summed E-state index contributed by atoms with van der Waals surface area (Å²) in [7, 11) is 0. The maximum atomic E-state index is 11.6. The molecule has 0 spiro atoms. The second-order valence-electron chi connectivity index (χ2n) is 6.18. The number of aromatic nitrogens is 2. The van der Waals surface area contributed by atoms with E-state index in [2.05, 4.69) is 21.8 Å². The number of hydrogen-bond donors (Lipinski definition) is 2. The zero-order valence-electron chi connectivity index (χ0n) is 13.2. The molecule has 1 unspecified atom stereocenters. The number of aromatic amines is 2. The summed E-state index contributed by atoms with van der Waals surface area (Å²) < 4.78 is 0. The van der Waals surface area contributed by atoms with E-state index in [9.17, 15) is 19.7 Å². The molecule has 3 rings (SSSR count). The van der Waals surface area contributed by atoms with Crippen molar-refractivity contribution in [3.8, 4) is 0 Å². The van der Waals surface area contributed by atoms with Gasteiger partial charge in [0.2, 0.25) is 0 Å². The molecule has 24 heavy (non-hydrogen) atoms. The van der Waals surface area contributed by atoms with Crippen LogP contribution in [0.5, 0.6) is 0 Å². The highest BCUT2D eigenvalue weighted by Gasteiger charge is 2.20. The summed E-state index contributed by atoms with van der Waals surface area (Å²) in [5.41, 5.74) is -0.269. The summed E-state index contributed by atoms with van der Waals surface area (Å²) in [6, 6.07) is 2.74. The number of nitro groups is 1. The first-order valence-electron chi connectivity index (χ1n) is 7.60. The molecule has 0 radical (unpaired) electrons. The van der Waals surface area contributed by atoms with Crippen LogP contribution in [0.2, 0.25) is 0 Å². The van der Waals surface area contributed by atoms with Crippen LogP contribution >= 0.6 is 17.0 Å². The third kappa shape index (κ3) is 3.73. The average molecular weight is 399 g/mol. The molecule has 1 aromatic carbocycles. The Morgan fingerprint density at radius 1 is 1.29 bits per heavy atom.